The van der Waals surface area contributed by atoms with Gasteiger partial charge in [0.05, 0.1) is 6.04 Å². The summed E-state index contributed by atoms with van der Waals surface area (Å²) in [4.78, 5) is 0. The van der Waals surface area contributed by atoms with E-state index in [1.165, 1.54) is 22.3 Å². The lowest BCUT2D eigenvalue weighted by molar-refractivity contribution is 0.713. The molecule has 2 nitrogen and oxygen atoms in total. The van der Waals surface area contributed by atoms with Crippen molar-refractivity contribution in [3.63, 3.8) is 0 Å². The van der Waals surface area contributed by atoms with Crippen LogP contribution >= 0.6 is 12.2 Å². The summed E-state index contributed by atoms with van der Waals surface area (Å²) in [6, 6.07) is 15.3. The Morgan fingerprint density at radius 3 is 2.17 bits per heavy atom. The van der Waals surface area contributed by atoms with Gasteiger partial charge in [-0.2, -0.15) is 0 Å². The third kappa shape index (κ3) is 4.81. The van der Waals surface area contributed by atoms with Gasteiger partial charge in [-0.1, -0.05) is 44.2 Å². The number of anilines is 1. The summed E-state index contributed by atoms with van der Waals surface area (Å²) in [5.41, 5.74) is 6.20. The topological polar surface area (TPSA) is 24.1 Å². The predicted molar refractivity (Wildman–Crippen MR) is 109 cm³/mol. The third-order valence-electron chi connectivity index (χ3n) is 4.73. The normalized spacial score (nSPS) is 13.2. The van der Waals surface area contributed by atoms with Crippen LogP contribution in [0.25, 0.3) is 0 Å². The number of rotatable bonds is 5. The highest BCUT2D eigenvalue weighted by Crippen LogP contribution is 2.21. The summed E-state index contributed by atoms with van der Waals surface area (Å²) < 4.78 is 0. The van der Waals surface area contributed by atoms with Gasteiger partial charge in [0.1, 0.15) is 0 Å². The minimum Gasteiger partial charge on any atom is -0.356 e. The molecule has 3 heteroatoms. The molecule has 0 aliphatic rings. The molecular weight excluding hydrogens is 312 g/mol. The van der Waals surface area contributed by atoms with Crippen molar-refractivity contribution in [2.24, 2.45) is 0 Å². The molecule has 2 atom stereocenters. The van der Waals surface area contributed by atoms with Crippen molar-refractivity contribution in [3.05, 3.63) is 64.7 Å². The van der Waals surface area contributed by atoms with Crippen molar-refractivity contribution in [1.82, 2.24) is 5.32 Å². The molecule has 0 saturated carbocycles. The Morgan fingerprint density at radius 1 is 0.958 bits per heavy atom. The first kappa shape index (κ1) is 18.5. The summed E-state index contributed by atoms with van der Waals surface area (Å²) in [5.74, 6) is 0.606. The number of aryl methyl sites for hydroxylation is 2. The Balaban J connectivity index is 1.96. The zero-order chi connectivity index (χ0) is 17.7. The molecule has 0 aromatic heterocycles. The number of hydrogen-bond donors (Lipinski definition) is 2. The molecular formula is C21H28N2S. The third-order valence-corrected chi connectivity index (χ3v) is 4.95. The summed E-state index contributed by atoms with van der Waals surface area (Å²) in [5, 5.41) is 7.28. The lowest BCUT2D eigenvalue weighted by Crippen LogP contribution is -2.30. The monoisotopic (exact) mass is 340 g/mol. The van der Waals surface area contributed by atoms with E-state index in [0.717, 1.165) is 12.1 Å². The first-order valence-electron chi connectivity index (χ1n) is 8.65. The van der Waals surface area contributed by atoms with Gasteiger partial charge in [-0.15, -0.1) is 0 Å². The predicted octanol–water partition coefficient (Wildman–Crippen LogP) is 5.86. The van der Waals surface area contributed by atoms with Gasteiger partial charge in [0.25, 0.3) is 0 Å². The van der Waals surface area contributed by atoms with E-state index < -0.39 is 0 Å². The first-order chi connectivity index (χ1) is 11.4. The molecule has 0 saturated heterocycles. The number of benzene rings is 2. The molecule has 2 aromatic carbocycles. The lowest BCUT2D eigenvalue weighted by Gasteiger charge is -2.19. The van der Waals surface area contributed by atoms with Crippen molar-refractivity contribution >= 4 is 23.0 Å². The first-order valence-corrected chi connectivity index (χ1v) is 9.06. The maximum Gasteiger partial charge on any atom is 0.171 e. The lowest BCUT2D eigenvalue weighted by atomic mass is 9.96. The smallest absolute Gasteiger partial charge is 0.171 e. The summed E-state index contributed by atoms with van der Waals surface area (Å²) in [6.45, 7) is 10.8. The fourth-order valence-electron chi connectivity index (χ4n) is 2.62. The molecule has 0 spiro atoms. The van der Waals surface area contributed by atoms with E-state index in [0.29, 0.717) is 11.0 Å². The van der Waals surface area contributed by atoms with Crippen molar-refractivity contribution < 1.29 is 0 Å². The standard InChI is InChI=1S/C21H28N2S/c1-6-14(2)18-8-10-19(11-9-18)17(5)22-21(24)23-20-12-7-15(3)16(4)13-20/h7-14,17H,6H2,1-5H3,(H2,22,23,24). The fourth-order valence-corrected chi connectivity index (χ4v) is 2.91. The van der Waals surface area contributed by atoms with E-state index in [1.54, 1.807) is 0 Å². The minimum atomic E-state index is 0.169. The molecule has 2 unspecified atom stereocenters. The molecule has 2 rings (SSSR count). The largest absolute Gasteiger partial charge is 0.356 e. The van der Waals surface area contributed by atoms with Gasteiger partial charge in [0.15, 0.2) is 5.11 Å². The highest BCUT2D eigenvalue weighted by molar-refractivity contribution is 7.80. The van der Waals surface area contributed by atoms with Crippen LogP contribution in [0.4, 0.5) is 5.69 Å². The van der Waals surface area contributed by atoms with E-state index in [2.05, 4.69) is 87.7 Å². The van der Waals surface area contributed by atoms with Crippen LogP contribution in [0.2, 0.25) is 0 Å². The molecule has 0 radical (unpaired) electrons. The Bertz CT molecular complexity index is 691. The molecule has 0 aliphatic heterocycles. The van der Waals surface area contributed by atoms with E-state index >= 15 is 0 Å². The number of nitrogens with one attached hydrogen (secondary N) is 2. The second-order valence-corrected chi connectivity index (χ2v) is 7.00. The second-order valence-electron chi connectivity index (χ2n) is 6.60. The van der Waals surface area contributed by atoms with Gasteiger partial charge in [0.2, 0.25) is 0 Å². The Kier molecular flexibility index (Phi) is 6.38. The van der Waals surface area contributed by atoms with Crippen LogP contribution < -0.4 is 10.6 Å². The molecule has 0 bridgehead atoms. The van der Waals surface area contributed by atoms with E-state index in [4.69, 9.17) is 12.2 Å². The SMILES string of the molecule is CCC(C)c1ccc(C(C)NC(=S)Nc2ccc(C)c(C)c2)cc1. The van der Waals surface area contributed by atoms with E-state index in [9.17, 15) is 0 Å². The van der Waals surface area contributed by atoms with Crippen molar-refractivity contribution in [2.45, 2.75) is 53.0 Å². The summed E-state index contributed by atoms with van der Waals surface area (Å²) >= 11 is 5.45. The van der Waals surface area contributed by atoms with Crippen molar-refractivity contribution in [1.29, 1.82) is 0 Å². The molecule has 2 N–H and O–H groups in total. The molecule has 0 aliphatic carbocycles. The Morgan fingerprint density at radius 2 is 1.58 bits per heavy atom. The summed E-state index contributed by atoms with van der Waals surface area (Å²) in [6.07, 6.45) is 1.16. The second kappa shape index (κ2) is 8.29. The van der Waals surface area contributed by atoms with Gasteiger partial charge in [-0.05, 0) is 79.7 Å². The van der Waals surface area contributed by atoms with Gasteiger partial charge in [0, 0.05) is 5.69 Å². The zero-order valence-corrected chi connectivity index (χ0v) is 16.1. The van der Waals surface area contributed by atoms with Gasteiger partial charge in [-0.25, -0.2) is 0 Å². The van der Waals surface area contributed by atoms with Gasteiger partial charge in [-0.3, -0.25) is 0 Å². The molecule has 128 valence electrons. The van der Waals surface area contributed by atoms with Gasteiger partial charge < -0.3 is 10.6 Å². The van der Waals surface area contributed by atoms with Crippen LogP contribution in [-0.4, -0.2) is 5.11 Å². The quantitative estimate of drug-likeness (QED) is 0.666. The van der Waals surface area contributed by atoms with Crippen LogP contribution in [-0.2, 0) is 0 Å². The van der Waals surface area contributed by atoms with E-state index in [-0.39, 0.29) is 6.04 Å². The van der Waals surface area contributed by atoms with Crippen LogP contribution in [0, 0.1) is 13.8 Å². The highest BCUT2D eigenvalue weighted by Gasteiger charge is 2.09. The average Bonchev–Trinajstić information content (AvgIpc) is 2.57. The fraction of sp³-hybridized carbons (Fsp3) is 0.381. The number of hydrogen-bond acceptors (Lipinski definition) is 1. The Hall–Kier alpha value is -1.87. The maximum atomic E-state index is 5.45. The molecule has 2 aromatic rings. The molecule has 0 fully saturated rings. The van der Waals surface area contributed by atoms with Crippen molar-refractivity contribution in [3.8, 4) is 0 Å². The minimum absolute atomic E-state index is 0.169. The molecule has 0 amide bonds. The van der Waals surface area contributed by atoms with Crippen LogP contribution in [0.5, 0.6) is 0 Å². The van der Waals surface area contributed by atoms with Crippen LogP contribution in [0.15, 0.2) is 42.5 Å². The summed E-state index contributed by atoms with van der Waals surface area (Å²) in [7, 11) is 0. The Labute approximate surface area is 151 Å². The highest BCUT2D eigenvalue weighted by atomic mass is 32.1. The molecule has 24 heavy (non-hydrogen) atoms. The molecule has 0 heterocycles. The van der Waals surface area contributed by atoms with Crippen LogP contribution in [0.1, 0.15) is 61.4 Å². The van der Waals surface area contributed by atoms with Crippen molar-refractivity contribution in [2.75, 3.05) is 5.32 Å². The van der Waals surface area contributed by atoms with Crippen LogP contribution in [0.3, 0.4) is 0 Å². The number of thiocarbonyl (C=S) groups is 1. The maximum absolute atomic E-state index is 5.45. The average molecular weight is 341 g/mol. The zero-order valence-electron chi connectivity index (χ0n) is 15.3. The van der Waals surface area contributed by atoms with E-state index in [1.807, 2.05) is 0 Å². The van der Waals surface area contributed by atoms with Gasteiger partial charge >= 0.3 is 0 Å².